The van der Waals surface area contributed by atoms with Crippen molar-refractivity contribution in [3.8, 4) is 11.1 Å². The molecule has 4 rings (SSSR count). The number of hydrogen-bond acceptors (Lipinski definition) is 4. The van der Waals surface area contributed by atoms with Gasteiger partial charge in [0.05, 0.1) is 11.1 Å². The Balaban J connectivity index is 1.47. The number of fused-ring (bicyclic) bond motifs is 1. The molecule has 158 valence electrons. The summed E-state index contributed by atoms with van der Waals surface area (Å²) in [4.78, 5) is 0.247. The molecule has 2 aromatic carbocycles. The van der Waals surface area contributed by atoms with Crippen LogP contribution in [-0.4, -0.2) is 30.8 Å². The lowest BCUT2D eigenvalue weighted by Gasteiger charge is -2.26. The van der Waals surface area contributed by atoms with E-state index in [0.29, 0.717) is 11.7 Å². The summed E-state index contributed by atoms with van der Waals surface area (Å²) in [6.45, 7) is 3.21. The van der Waals surface area contributed by atoms with Gasteiger partial charge in [-0.3, -0.25) is 9.40 Å². The molecule has 0 bridgehead atoms. The molecule has 0 saturated heterocycles. The fourth-order valence-corrected chi connectivity index (χ4v) is 5.00. The van der Waals surface area contributed by atoms with E-state index in [2.05, 4.69) is 28.1 Å². The number of aromatic nitrogens is 2. The molecule has 0 spiro atoms. The van der Waals surface area contributed by atoms with E-state index in [1.165, 1.54) is 11.1 Å². The molecule has 0 aliphatic heterocycles. The van der Waals surface area contributed by atoms with Gasteiger partial charge in [-0.15, -0.1) is 0 Å². The summed E-state index contributed by atoms with van der Waals surface area (Å²) in [6, 6.07) is 13.3. The van der Waals surface area contributed by atoms with Crippen LogP contribution in [0.1, 0.15) is 30.9 Å². The van der Waals surface area contributed by atoms with Crippen molar-refractivity contribution in [1.29, 1.82) is 0 Å². The van der Waals surface area contributed by atoms with Crippen molar-refractivity contribution < 1.29 is 8.42 Å². The maximum absolute atomic E-state index is 12.9. The van der Waals surface area contributed by atoms with Crippen molar-refractivity contribution in [3.05, 3.63) is 66.0 Å². The molecule has 1 unspecified atom stereocenters. The number of hydrogen-bond donors (Lipinski definition) is 2. The number of nitrogens with one attached hydrogen (secondary N) is 2. The molecule has 1 heterocycles. The highest BCUT2D eigenvalue weighted by molar-refractivity contribution is 7.92. The van der Waals surface area contributed by atoms with Crippen LogP contribution in [0.25, 0.3) is 11.1 Å². The second-order valence-electron chi connectivity index (χ2n) is 7.91. The monoisotopic (exact) mass is 424 g/mol. The number of anilines is 1. The highest BCUT2D eigenvalue weighted by Crippen LogP contribution is 2.27. The summed E-state index contributed by atoms with van der Waals surface area (Å²) in [5.74, 6) is 0. The Kier molecular flexibility index (Phi) is 5.92. The van der Waals surface area contributed by atoms with Crippen LogP contribution in [0.15, 0.2) is 59.8 Å². The molecule has 30 heavy (non-hydrogen) atoms. The van der Waals surface area contributed by atoms with E-state index < -0.39 is 10.0 Å². The van der Waals surface area contributed by atoms with Gasteiger partial charge in [-0.25, -0.2) is 8.42 Å². The van der Waals surface area contributed by atoms with Gasteiger partial charge in [0.1, 0.15) is 0 Å². The fourth-order valence-electron chi connectivity index (χ4n) is 3.95. The van der Waals surface area contributed by atoms with Crippen molar-refractivity contribution in [1.82, 2.24) is 15.1 Å². The average Bonchev–Trinajstić information content (AvgIpc) is 3.18. The van der Waals surface area contributed by atoms with Crippen LogP contribution >= 0.6 is 0 Å². The maximum atomic E-state index is 12.9. The normalized spacial score (nSPS) is 16.3. The Hall–Kier alpha value is -2.64. The molecule has 7 heteroatoms. The van der Waals surface area contributed by atoms with Gasteiger partial charge in [-0.1, -0.05) is 25.1 Å². The SMILES string of the molecule is CCCNC1CCc2cc(NS(=O)(=O)c3ccc(-c4cnn(C)c4)cc3)ccc2C1. The van der Waals surface area contributed by atoms with E-state index in [4.69, 9.17) is 0 Å². The lowest BCUT2D eigenvalue weighted by atomic mass is 9.88. The zero-order chi connectivity index (χ0) is 21.1. The molecular weight excluding hydrogens is 396 g/mol. The minimum atomic E-state index is -3.64. The maximum Gasteiger partial charge on any atom is 0.261 e. The summed E-state index contributed by atoms with van der Waals surface area (Å²) >= 11 is 0. The van der Waals surface area contributed by atoms with Gasteiger partial charge in [0.25, 0.3) is 10.0 Å². The predicted octanol–water partition coefficient (Wildman–Crippen LogP) is 3.74. The minimum Gasteiger partial charge on any atom is -0.314 e. The van der Waals surface area contributed by atoms with Gasteiger partial charge in [-0.2, -0.15) is 5.10 Å². The van der Waals surface area contributed by atoms with E-state index in [0.717, 1.165) is 43.4 Å². The van der Waals surface area contributed by atoms with Crippen molar-refractivity contribution in [2.75, 3.05) is 11.3 Å². The predicted molar refractivity (Wildman–Crippen MR) is 120 cm³/mol. The first-order valence-corrected chi connectivity index (χ1v) is 11.9. The first-order valence-electron chi connectivity index (χ1n) is 10.4. The van der Waals surface area contributed by atoms with Crippen LogP contribution < -0.4 is 10.0 Å². The van der Waals surface area contributed by atoms with E-state index in [1.807, 2.05) is 37.5 Å². The summed E-state index contributed by atoms with van der Waals surface area (Å²) in [5, 5.41) is 7.74. The molecule has 6 nitrogen and oxygen atoms in total. The Labute approximate surface area is 178 Å². The fraction of sp³-hybridized carbons (Fsp3) is 0.348. The average molecular weight is 425 g/mol. The van der Waals surface area contributed by atoms with Crippen LogP contribution in [0.3, 0.4) is 0 Å². The van der Waals surface area contributed by atoms with E-state index >= 15 is 0 Å². The second kappa shape index (κ2) is 8.62. The van der Waals surface area contributed by atoms with Crippen LogP contribution in [0.5, 0.6) is 0 Å². The summed E-state index contributed by atoms with van der Waals surface area (Å²) in [7, 11) is -1.79. The molecule has 0 amide bonds. The van der Waals surface area contributed by atoms with Crippen molar-refractivity contribution in [2.45, 2.75) is 43.5 Å². The minimum absolute atomic E-state index is 0.247. The van der Waals surface area contributed by atoms with Gasteiger partial charge < -0.3 is 5.32 Å². The molecule has 0 radical (unpaired) electrons. The van der Waals surface area contributed by atoms with E-state index in [-0.39, 0.29) is 4.90 Å². The van der Waals surface area contributed by atoms with Crippen LogP contribution in [0, 0.1) is 0 Å². The Bertz CT molecular complexity index is 1120. The van der Waals surface area contributed by atoms with E-state index in [1.54, 1.807) is 23.0 Å². The van der Waals surface area contributed by atoms with Gasteiger partial charge in [0, 0.05) is 30.5 Å². The zero-order valence-electron chi connectivity index (χ0n) is 17.4. The van der Waals surface area contributed by atoms with Crippen molar-refractivity contribution in [2.24, 2.45) is 7.05 Å². The lowest BCUT2D eigenvalue weighted by Crippen LogP contribution is -2.35. The molecular formula is C23H28N4O2S. The van der Waals surface area contributed by atoms with Gasteiger partial charge in [-0.05, 0) is 73.2 Å². The first kappa shape index (κ1) is 20.6. The Morgan fingerprint density at radius 1 is 1.10 bits per heavy atom. The summed E-state index contributed by atoms with van der Waals surface area (Å²) < 4.78 is 30.2. The summed E-state index contributed by atoms with van der Waals surface area (Å²) in [6.07, 6.45) is 7.84. The smallest absolute Gasteiger partial charge is 0.261 e. The lowest BCUT2D eigenvalue weighted by molar-refractivity contribution is 0.459. The molecule has 1 aliphatic carbocycles. The molecule has 1 atom stereocenters. The number of aryl methyl sites for hydroxylation is 2. The van der Waals surface area contributed by atoms with E-state index in [9.17, 15) is 8.42 Å². The third kappa shape index (κ3) is 4.57. The largest absolute Gasteiger partial charge is 0.314 e. The molecule has 2 N–H and O–H groups in total. The van der Waals surface area contributed by atoms with Crippen LogP contribution in [0.2, 0.25) is 0 Å². The second-order valence-corrected chi connectivity index (χ2v) is 9.59. The van der Waals surface area contributed by atoms with Crippen LogP contribution in [-0.2, 0) is 29.9 Å². The number of sulfonamides is 1. The number of benzene rings is 2. The standard InChI is InChI=1S/C23H28N4O2S/c1-3-12-24-21-8-4-19-14-22(9-5-18(19)13-21)26-30(28,29)23-10-6-17(7-11-23)20-15-25-27(2)16-20/h5-7,9-11,14-16,21,24,26H,3-4,8,12-13H2,1-2H3. The quantitative estimate of drug-likeness (QED) is 0.606. The molecule has 1 aromatic heterocycles. The third-order valence-corrected chi connectivity index (χ3v) is 6.97. The highest BCUT2D eigenvalue weighted by atomic mass is 32.2. The van der Waals surface area contributed by atoms with Gasteiger partial charge in [0.2, 0.25) is 0 Å². The summed E-state index contributed by atoms with van der Waals surface area (Å²) in [5.41, 5.74) is 5.04. The van der Waals surface area contributed by atoms with Crippen LogP contribution in [0.4, 0.5) is 5.69 Å². The number of nitrogens with zero attached hydrogens (tertiary/aromatic N) is 2. The highest BCUT2D eigenvalue weighted by Gasteiger charge is 2.20. The first-order chi connectivity index (χ1) is 14.4. The number of rotatable bonds is 7. The molecule has 3 aromatic rings. The van der Waals surface area contributed by atoms with Gasteiger partial charge in [0.15, 0.2) is 0 Å². The molecule has 0 fully saturated rings. The van der Waals surface area contributed by atoms with Gasteiger partial charge >= 0.3 is 0 Å². The van der Waals surface area contributed by atoms with Crippen molar-refractivity contribution in [3.63, 3.8) is 0 Å². The topological polar surface area (TPSA) is 76.0 Å². The Morgan fingerprint density at radius 3 is 2.60 bits per heavy atom. The third-order valence-electron chi connectivity index (χ3n) is 5.57. The van der Waals surface area contributed by atoms with Crippen molar-refractivity contribution >= 4 is 15.7 Å². The Morgan fingerprint density at radius 2 is 1.90 bits per heavy atom. The molecule has 0 saturated carbocycles. The molecule has 1 aliphatic rings. The zero-order valence-corrected chi connectivity index (χ0v) is 18.2.